The smallest absolute Gasteiger partial charge is 0.412 e. The molecule has 0 aromatic heterocycles. The molecule has 3 N–H and O–H groups in total. The van der Waals surface area contributed by atoms with Gasteiger partial charge in [-0.1, -0.05) is 69.3 Å². The predicted octanol–water partition coefficient (Wildman–Crippen LogP) is 4.28. The topological polar surface area (TPSA) is 156 Å². The van der Waals surface area contributed by atoms with E-state index in [1.54, 1.807) is 49.9 Å². The van der Waals surface area contributed by atoms with Gasteiger partial charge in [0.25, 0.3) is 0 Å². The predicted molar refractivity (Wildman–Crippen MR) is 173 cm³/mol. The highest BCUT2D eigenvalue weighted by Crippen LogP contribution is 2.36. The minimum Gasteiger partial charge on any atom is -0.445 e. The fourth-order valence-electron chi connectivity index (χ4n) is 5.74. The van der Waals surface area contributed by atoms with Gasteiger partial charge in [0, 0.05) is 12.2 Å². The Balaban J connectivity index is 1.51. The number of nitrogens with one attached hydrogen (secondary N) is 3. The van der Waals surface area contributed by atoms with E-state index in [1.807, 2.05) is 57.2 Å². The quantitative estimate of drug-likeness (QED) is 0.357. The fourth-order valence-corrected chi connectivity index (χ4v) is 5.74. The van der Waals surface area contributed by atoms with E-state index < -0.39 is 59.4 Å². The molecule has 2 heterocycles. The van der Waals surface area contributed by atoms with Crippen LogP contribution in [0.2, 0.25) is 0 Å². The lowest BCUT2D eigenvalue weighted by Gasteiger charge is -2.36. The Labute approximate surface area is 275 Å². The number of alkyl carbamates (subject to hydrolysis) is 2. The number of carbonyl (C=O) groups excluding carboxylic acids is 5. The lowest BCUT2D eigenvalue weighted by atomic mass is 9.85. The first kappa shape index (κ1) is 35.1. The van der Waals surface area contributed by atoms with Crippen molar-refractivity contribution < 1.29 is 38.2 Å². The van der Waals surface area contributed by atoms with Gasteiger partial charge in [0.2, 0.25) is 11.8 Å². The number of hydrogen-bond donors (Lipinski definition) is 3. The minimum atomic E-state index is -0.984. The summed E-state index contributed by atoms with van der Waals surface area (Å²) < 4.78 is 16.5. The van der Waals surface area contributed by atoms with Crippen molar-refractivity contribution in [3.63, 3.8) is 0 Å². The highest BCUT2D eigenvalue weighted by atomic mass is 16.6. The summed E-state index contributed by atoms with van der Waals surface area (Å²) in [5.41, 5.74) is -0.136. The van der Waals surface area contributed by atoms with Crippen molar-refractivity contribution in [1.82, 2.24) is 20.4 Å². The SMILES string of the molecule is CC(C)(C)OC(=O)NCC(=O)N1C[C@H](OC(=O)Nc2ccccc2)[C@@H]2[C@H]1CCN2C(=O)C(NC(=O)OCc1ccccc1)C(C)(C)C. The van der Waals surface area contributed by atoms with Crippen LogP contribution >= 0.6 is 0 Å². The van der Waals surface area contributed by atoms with Gasteiger partial charge in [0.05, 0.1) is 18.6 Å². The molecule has 0 bridgehead atoms. The summed E-state index contributed by atoms with van der Waals surface area (Å²) in [5, 5.41) is 7.91. The first-order valence-corrected chi connectivity index (χ1v) is 15.7. The highest BCUT2D eigenvalue weighted by molar-refractivity contribution is 5.88. The molecule has 2 saturated heterocycles. The Bertz CT molecular complexity index is 1420. The summed E-state index contributed by atoms with van der Waals surface area (Å²) >= 11 is 0. The molecule has 2 aliphatic heterocycles. The van der Waals surface area contributed by atoms with Crippen LogP contribution in [0.4, 0.5) is 20.1 Å². The third-order valence-electron chi connectivity index (χ3n) is 7.83. The zero-order valence-electron chi connectivity index (χ0n) is 27.8. The Kier molecular flexibility index (Phi) is 11.0. The third kappa shape index (κ3) is 9.60. The van der Waals surface area contributed by atoms with Crippen LogP contribution in [0, 0.1) is 5.41 Å². The molecule has 0 radical (unpaired) electrons. The van der Waals surface area contributed by atoms with Gasteiger partial charge >= 0.3 is 18.3 Å². The van der Waals surface area contributed by atoms with Crippen molar-refractivity contribution in [1.29, 1.82) is 0 Å². The average molecular weight is 652 g/mol. The molecule has 0 spiro atoms. The number of likely N-dealkylation sites (tertiary alicyclic amines) is 2. The molecule has 4 rings (SSSR count). The molecule has 4 atom stereocenters. The number of ether oxygens (including phenoxy) is 3. The Morgan fingerprint density at radius 1 is 0.851 bits per heavy atom. The summed E-state index contributed by atoms with van der Waals surface area (Å²) in [4.78, 5) is 68.8. The van der Waals surface area contributed by atoms with E-state index in [-0.39, 0.29) is 32.1 Å². The van der Waals surface area contributed by atoms with E-state index >= 15 is 0 Å². The van der Waals surface area contributed by atoms with E-state index in [0.717, 1.165) is 5.56 Å². The Morgan fingerprint density at radius 3 is 2.11 bits per heavy atom. The summed E-state index contributed by atoms with van der Waals surface area (Å²) in [7, 11) is 0. The fraction of sp³-hybridized carbons (Fsp3) is 0.500. The third-order valence-corrected chi connectivity index (χ3v) is 7.83. The van der Waals surface area contributed by atoms with E-state index in [4.69, 9.17) is 14.2 Å². The lowest BCUT2D eigenvalue weighted by molar-refractivity contribution is -0.138. The molecule has 13 nitrogen and oxygen atoms in total. The van der Waals surface area contributed by atoms with Crippen LogP contribution in [-0.4, -0.2) is 89.4 Å². The first-order valence-electron chi connectivity index (χ1n) is 15.7. The monoisotopic (exact) mass is 651 g/mol. The maximum atomic E-state index is 14.2. The number of hydrogen-bond acceptors (Lipinski definition) is 8. The van der Waals surface area contributed by atoms with Crippen LogP contribution in [0.25, 0.3) is 0 Å². The summed E-state index contributed by atoms with van der Waals surface area (Å²) in [6.07, 6.45) is -2.70. The second kappa shape index (κ2) is 14.7. The summed E-state index contributed by atoms with van der Waals surface area (Å²) in [5.74, 6) is -0.801. The number of carbonyl (C=O) groups is 5. The largest absolute Gasteiger partial charge is 0.445 e. The highest BCUT2D eigenvalue weighted by Gasteiger charge is 2.55. The maximum Gasteiger partial charge on any atom is 0.412 e. The van der Waals surface area contributed by atoms with Crippen LogP contribution < -0.4 is 16.0 Å². The molecule has 1 unspecified atom stereocenters. The number of amides is 5. The second-order valence-corrected chi connectivity index (χ2v) is 13.7. The normalized spacial score (nSPS) is 19.7. The minimum absolute atomic E-state index is 0.00286. The summed E-state index contributed by atoms with van der Waals surface area (Å²) in [6, 6.07) is 15.8. The van der Waals surface area contributed by atoms with E-state index in [9.17, 15) is 24.0 Å². The van der Waals surface area contributed by atoms with Gasteiger partial charge in [-0.25, -0.2) is 14.4 Å². The van der Waals surface area contributed by atoms with Crippen molar-refractivity contribution in [2.24, 2.45) is 5.41 Å². The average Bonchev–Trinajstić information content (AvgIpc) is 3.58. The number of rotatable bonds is 8. The maximum absolute atomic E-state index is 14.2. The summed E-state index contributed by atoms with van der Waals surface area (Å²) in [6.45, 7) is 10.6. The van der Waals surface area contributed by atoms with Crippen LogP contribution in [0.3, 0.4) is 0 Å². The van der Waals surface area contributed by atoms with Crippen molar-refractivity contribution in [3.05, 3.63) is 66.2 Å². The van der Waals surface area contributed by atoms with E-state index in [1.165, 1.54) is 4.90 Å². The first-order chi connectivity index (χ1) is 22.1. The molecule has 13 heteroatoms. The Hall–Kier alpha value is -4.81. The number of fused-ring (bicyclic) bond motifs is 1. The zero-order valence-corrected chi connectivity index (χ0v) is 27.8. The molecule has 2 aromatic carbocycles. The molecule has 2 fully saturated rings. The van der Waals surface area contributed by atoms with Gasteiger partial charge in [-0.2, -0.15) is 0 Å². The van der Waals surface area contributed by atoms with E-state index in [2.05, 4.69) is 16.0 Å². The molecule has 2 aromatic rings. The van der Waals surface area contributed by atoms with Gasteiger partial charge in [0.1, 0.15) is 30.9 Å². The van der Waals surface area contributed by atoms with Crippen LogP contribution in [0.15, 0.2) is 60.7 Å². The number of nitrogens with zero attached hydrogens (tertiary/aromatic N) is 2. The van der Waals surface area contributed by atoms with Gasteiger partial charge in [-0.15, -0.1) is 0 Å². The lowest BCUT2D eigenvalue weighted by Crippen LogP contribution is -2.58. The van der Waals surface area contributed by atoms with Crippen molar-refractivity contribution in [3.8, 4) is 0 Å². The van der Waals surface area contributed by atoms with Gasteiger partial charge in [-0.3, -0.25) is 14.9 Å². The molecule has 0 saturated carbocycles. The molecular weight excluding hydrogens is 606 g/mol. The molecule has 254 valence electrons. The Morgan fingerprint density at radius 2 is 1.49 bits per heavy atom. The van der Waals surface area contributed by atoms with Crippen LogP contribution in [0.1, 0.15) is 53.5 Å². The van der Waals surface area contributed by atoms with E-state index in [0.29, 0.717) is 12.1 Å². The number of anilines is 1. The molecule has 2 aliphatic rings. The van der Waals surface area contributed by atoms with Gasteiger partial charge in [0.15, 0.2) is 0 Å². The van der Waals surface area contributed by atoms with Crippen molar-refractivity contribution >= 4 is 35.8 Å². The standard InChI is InChI=1S/C34H45N5O8/c1-33(2,3)28(37-31(43)45-21-22-13-9-7-10-14-22)29(41)38-18-17-24-27(38)25(46-32(44)36-23-15-11-8-12-16-23)20-39(24)26(40)19-35-30(42)47-34(4,5)6/h7-16,24-25,27-28H,17-21H2,1-6H3,(H,35,42)(H,36,44)(H,37,43)/t24-,25+,27+,28?/m1/s1. The van der Waals surface area contributed by atoms with Crippen LogP contribution in [-0.2, 0) is 30.4 Å². The van der Waals surface area contributed by atoms with Gasteiger partial charge in [-0.05, 0) is 50.3 Å². The van der Waals surface area contributed by atoms with Gasteiger partial charge < -0.3 is 34.6 Å². The second-order valence-electron chi connectivity index (χ2n) is 13.7. The molecule has 5 amide bonds. The zero-order chi connectivity index (χ0) is 34.4. The van der Waals surface area contributed by atoms with Crippen LogP contribution in [0.5, 0.6) is 0 Å². The molecule has 0 aliphatic carbocycles. The molecule has 47 heavy (non-hydrogen) atoms. The number of para-hydroxylation sites is 1. The van der Waals surface area contributed by atoms with Crippen molar-refractivity contribution in [2.45, 2.75) is 84.4 Å². The number of benzene rings is 2. The van der Waals surface area contributed by atoms with Crippen molar-refractivity contribution in [2.75, 3.05) is 25.0 Å². The molecular formula is C34H45N5O8.